The van der Waals surface area contributed by atoms with Crippen molar-refractivity contribution in [3.8, 4) is 5.75 Å². The van der Waals surface area contributed by atoms with Crippen LogP contribution in [0, 0.1) is 0 Å². The number of hydrogen-bond acceptors (Lipinski definition) is 4. The fraction of sp³-hybridized carbons (Fsp3) is 0.625. The van der Waals surface area contributed by atoms with E-state index < -0.39 is 0 Å². The second kappa shape index (κ2) is 9.48. The Balaban J connectivity index is 2.45. The molecule has 0 fully saturated rings. The molecule has 0 unspecified atom stereocenters. The molecule has 0 amide bonds. The number of hydrogen-bond donors (Lipinski definition) is 1. The van der Waals surface area contributed by atoms with Gasteiger partial charge in [0.1, 0.15) is 5.75 Å². The normalized spacial score (nSPS) is 10.6. The molecular weight excluding hydrogens is 252 g/mol. The van der Waals surface area contributed by atoms with Crippen LogP contribution in [0.1, 0.15) is 32.6 Å². The summed E-state index contributed by atoms with van der Waals surface area (Å²) < 4.78 is 10.3. The number of rotatable bonds is 10. The van der Waals surface area contributed by atoms with Gasteiger partial charge < -0.3 is 20.1 Å². The van der Waals surface area contributed by atoms with Gasteiger partial charge in [0.2, 0.25) is 0 Å². The Morgan fingerprint density at radius 2 is 1.85 bits per heavy atom. The van der Waals surface area contributed by atoms with Crippen LogP contribution in [0.5, 0.6) is 5.75 Å². The van der Waals surface area contributed by atoms with Crippen LogP contribution >= 0.6 is 0 Å². The lowest BCUT2D eigenvalue weighted by atomic mass is 10.1. The van der Waals surface area contributed by atoms with Crippen LogP contribution < -0.4 is 15.4 Å². The largest absolute Gasteiger partial charge is 0.495 e. The van der Waals surface area contributed by atoms with Gasteiger partial charge in [0.25, 0.3) is 0 Å². The number of anilines is 2. The fourth-order valence-corrected chi connectivity index (χ4v) is 2.27. The van der Waals surface area contributed by atoms with Gasteiger partial charge in [-0.1, -0.05) is 12.8 Å². The first-order chi connectivity index (χ1) is 9.72. The number of nitrogen functional groups attached to an aromatic ring is 1. The molecule has 0 atom stereocenters. The molecule has 4 nitrogen and oxygen atoms in total. The van der Waals surface area contributed by atoms with Crippen LogP contribution in [0.3, 0.4) is 0 Å². The minimum atomic E-state index is 0.687. The topological polar surface area (TPSA) is 47.7 Å². The molecular formula is C16H28N2O2. The highest BCUT2D eigenvalue weighted by atomic mass is 16.5. The Labute approximate surface area is 122 Å². The molecule has 1 rings (SSSR count). The number of methoxy groups -OCH3 is 2. The third kappa shape index (κ3) is 5.29. The Kier molecular flexibility index (Phi) is 7.88. The van der Waals surface area contributed by atoms with Gasteiger partial charge in [-0.3, -0.25) is 0 Å². The number of nitrogens with zero attached hydrogens (tertiary/aromatic N) is 1. The number of benzene rings is 1. The van der Waals surface area contributed by atoms with E-state index in [9.17, 15) is 0 Å². The van der Waals surface area contributed by atoms with E-state index in [1.165, 1.54) is 24.9 Å². The van der Waals surface area contributed by atoms with Crippen molar-refractivity contribution >= 4 is 11.4 Å². The van der Waals surface area contributed by atoms with Crippen molar-refractivity contribution in [1.82, 2.24) is 0 Å². The third-order valence-corrected chi connectivity index (χ3v) is 3.49. The van der Waals surface area contributed by atoms with Crippen molar-refractivity contribution in [2.45, 2.75) is 32.6 Å². The Hall–Kier alpha value is -1.42. The zero-order chi connectivity index (χ0) is 14.8. The molecule has 0 aliphatic heterocycles. The number of ether oxygens (including phenoxy) is 2. The number of unbranched alkanes of at least 4 members (excludes halogenated alkanes) is 3. The summed E-state index contributed by atoms with van der Waals surface area (Å²) >= 11 is 0. The minimum Gasteiger partial charge on any atom is -0.495 e. The summed E-state index contributed by atoms with van der Waals surface area (Å²) in [6.07, 6.45) is 4.82. The summed E-state index contributed by atoms with van der Waals surface area (Å²) in [5.74, 6) is 0.751. The van der Waals surface area contributed by atoms with Crippen molar-refractivity contribution in [3.63, 3.8) is 0 Å². The van der Waals surface area contributed by atoms with E-state index in [1.807, 2.05) is 12.1 Å². The first-order valence-corrected chi connectivity index (χ1v) is 7.40. The maximum absolute atomic E-state index is 5.85. The summed E-state index contributed by atoms with van der Waals surface area (Å²) in [6.45, 7) is 5.10. The van der Waals surface area contributed by atoms with Crippen LogP contribution in [0.15, 0.2) is 18.2 Å². The highest BCUT2D eigenvalue weighted by molar-refractivity contribution is 5.62. The van der Waals surface area contributed by atoms with Gasteiger partial charge in [0.05, 0.1) is 12.8 Å². The summed E-state index contributed by atoms with van der Waals surface area (Å²) in [6, 6.07) is 5.99. The molecule has 0 radical (unpaired) electrons. The maximum atomic E-state index is 5.85. The molecule has 114 valence electrons. The lowest BCUT2D eigenvalue weighted by molar-refractivity contribution is 0.192. The molecule has 20 heavy (non-hydrogen) atoms. The SMILES string of the molecule is CCN(CCCCCCOC)c1ccc(N)c(OC)c1. The second-order valence-corrected chi connectivity index (χ2v) is 4.91. The highest BCUT2D eigenvalue weighted by Gasteiger charge is 2.07. The Morgan fingerprint density at radius 3 is 2.50 bits per heavy atom. The average molecular weight is 280 g/mol. The van der Waals surface area contributed by atoms with Crippen molar-refractivity contribution < 1.29 is 9.47 Å². The average Bonchev–Trinajstić information content (AvgIpc) is 2.47. The molecule has 4 heteroatoms. The summed E-state index contributed by atoms with van der Waals surface area (Å²) in [5, 5.41) is 0. The third-order valence-electron chi connectivity index (χ3n) is 3.49. The highest BCUT2D eigenvalue weighted by Crippen LogP contribution is 2.27. The van der Waals surface area contributed by atoms with Crippen LogP contribution in [0.25, 0.3) is 0 Å². The van der Waals surface area contributed by atoms with Crippen molar-refractivity contribution in [3.05, 3.63) is 18.2 Å². The zero-order valence-electron chi connectivity index (χ0n) is 13.0. The van der Waals surface area contributed by atoms with Crippen LogP contribution in [-0.2, 0) is 4.74 Å². The van der Waals surface area contributed by atoms with Gasteiger partial charge >= 0.3 is 0 Å². The standard InChI is InChI=1S/C16H28N2O2/c1-4-18(11-7-5-6-8-12-19-2)14-9-10-15(17)16(13-14)20-3/h9-10,13H,4-8,11-12,17H2,1-3H3. The van der Waals surface area contributed by atoms with Gasteiger partial charge in [-0.15, -0.1) is 0 Å². The Morgan fingerprint density at radius 1 is 1.10 bits per heavy atom. The van der Waals surface area contributed by atoms with Crippen LogP contribution in [-0.4, -0.2) is 33.9 Å². The van der Waals surface area contributed by atoms with Gasteiger partial charge in [-0.2, -0.15) is 0 Å². The molecule has 0 bridgehead atoms. The van der Waals surface area contributed by atoms with Crippen LogP contribution in [0.2, 0.25) is 0 Å². The fourth-order valence-electron chi connectivity index (χ4n) is 2.27. The van der Waals surface area contributed by atoms with Gasteiger partial charge in [-0.05, 0) is 31.9 Å². The summed E-state index contributed by atoms with van der Waals surface area (Å²) in [7, 11) is 3.41. The van der Waals surface area contributed by atoms with E-state index >= 15 is 0 Å². The predicted molar refractivity (Wildman–Crippen MR) is 85.6 cm³/mol. The minimum absolute atomic E-state index is 0.687. The van der Waals surface area contributed by atoms with E-state index in [1.54, 1.807) is 14.2 Å². The van der Waals surface area contributed by atoms with Gasteiger partial charge in [0, 0.05) is 38.6 Å². The molecule has 0 aromatic heterocycles. The smallest absolute Gasteiger partial charge is 0.143 e. The molecule has 0 spiro atoms. The van der Waals surface area contributed by atoms with Gasteiger partial charge in [0.15, 0.2) is 0 Å². The molecule has 0 aliphatic carbocycles. The van der Waals surface area contributed by atoms with Crippen molar-refractivity contribution in [1.29, 1.82) is 0 Å². The lowest BCUT2D eigenvalue weighted by Crippen LogP contribution is -2.23. The van der Waals surface area contributed by atoms with E-state index in [0.29, 0.717) is 5.69 Å². The zero-order valence-corrected chi connectivity index (χ0v) is 13.0. The monoisotopic (exact) mass is 280 g/mol. The van der Waals surface area contributed by atoms with Crippen molar-refractivity contribution in [2.75, 3.05) is 44.5 Å². The van der Waals surface area contributed by atoms with Crippen LogP contribution in [0.4, 0.5) is 11.4 Å². The predicted octanol–water partition coefficient (Wildman–Crippen LogP) is 3.31. The lowest BCUT2D eigenvalue weighted by Gasteiger charge is -2.24. The van der Waals surface area contributed by atoms with Crippen molar-refractivity contribution in [2.24, 2.45) is 0 Å². The summed E-state index contributed by atoms with van der Waals surface area (Å²) in [5.41, 5.74) is 7.72. The second-order valence-electron chi connectivity index (χ2n) is 4.91. The van der Waals surface area contributed by atoms with E-state index in [4.69, 9.17) is 15.2 Å². The van der Waals surface area contributed by atoms with E-state index in [-0.39, 0.29) is 0 Å². The molecule has 1 aromatic rings. The molecule has 1 aromatic carbocycles. The Bertz CT molecular complexity index is 383. The van der Waals surface area contributed by atoms with Gasteiger partial charge in [-0.25, -0.2) is 0 Å². The molecule has 0 saturated heterocycles. The quantitative estimate of drug-likeness (QED) is 0.527. The molecule has 2 N–H and O–H groups in total. The first kappa shape index (κ1) is 16.6. The maximum Gasteiger partial charge on any atom is 0.143 e. The molecule has 0 aliphatic rings. The number of nitrogens with two attached hydrogens (primary N) is 1. The van der Waals surface area contributed by atoms with E-state index in [0.717, 1.165) is 31.9 Å². The first-order valence-electron chi connectivity index (χ1n) is 7.40. The molecule has 0 saturated carbocycles. The van der Waals surface area contributed by atoms with E-state index in [2.05, 4.69) is 17.9 Å². The molecule has 0 heterocycles. The summed E-state index contributed by atoms with van der Waals surface area (Å²) in [4.78, 5) is 2.36.